The molecule has 1 aliphatic rings. The number of fused-ring (bicyclic) bond motifs is 2. The van der Waals surface area contributed by atoms with Crippen molar-refractivity contribution in [2.45, 2.75) is 31.9 Å². The van der Waals surface area contributed by atoms with Crippen molar-refractivity contribution >= 4 is 22.5 Å². The Bertz CT molecular complexity index is 1530. The van der Waals surface area contributed by atoms with E-state index in [9.17, 15) is 13.9 Å². The van der Waals surface area contributed by atoms with Gasteiger partial charge in [-0.3, -0.25) is 4.98 Å². The van der Waals surface area contributed by atoms with Gasteiger partial charge in [-0.05, 0) is 50.1 Å². The van der Waals surface area contributed by atoms with Crippen LogP contribution in [0.5, 0.6) is 0 Å². The van der Waals surface area contributed by atoms with E-state index in [0.717, 1.165) is 18.0 Å². The van der Waals surface area contributed by atoms with Crippen LogP contribution >= 0.6 is 0 Å². The highest BCUT2D eigenvalue weighted by molar-refractivity contribution is 5.82. The van der Waals surface area contributed by atoms with E-state index in [1.54, 1.807) is 36.1 Å². The van der Waals surface area contributed by atoms with Gasteiger partial charge in [0.05, 0.1) is 46.8 Å². The molecule has 5 heterocycles. The zero-order valence-corrected chi connectivity index (χ0v) is 18.3. The number of nitrogens with zero attached hydrogens (tertiary/aromatic N) is 6. The molecule has 0 radical (unpaired) electrons. The molecule has 2 atom stereocenters. The second-order valence-corrected chi connectivity index (χ2v) is 8.52. The van der Waals surface area contributed by atoms with Crippen LogP contribution in [0.2, 0.25) is 0 Å². The third-order valence-electron chi connectivity index (χ3n) is 6.29. The standard InChI is InChI=1S/C24H21F2N7O/c1-13(34)18-10-19-20(12-27-18)30-23(29-19)16-11-28-33-8-6-22(31-24(16)33)32-7-2-3-21(32)15-9-14(25)4-5-17(15)26/h4-6,8-13,21,34H,2-3,7H2,1H3,(H,29,30)/t13?,21-/m1/s1. The van der Waals surface area contributed by atoms with Crippen molar-refractivity contribution < 1.29 is 13.9 Å². The number of aliphatic hydroxyl groups is 1. The molecule has 1 saturated heterocycles. The van der Waals surface area contributed by atoms with Gasteiger partial charge in [0.2, 0.25) is 0 Å². The van der Waals surface area contributed by atoms with Crippen LogP contribution in [0.3, 0.4) is 0 Å². The quantitative estimate of drug-likeness (QED) is 0.413. The van der Waals surface area contributed by atoms with E-state index in [0.29, 0.717) is 52.6 Å². The van der Waals surface area contributed by atoms with Crippen molar-refractivity contribution in [1.29, 1.82) is 0 Å². The molecule has 172 valence electrons. The second kappa shape index (κ2) is 7.84. The third-order valence-corrected chi connectivity index (χ3v) is 6.29. The van der Waals surface area contributed by atoms with E-state index in [1.807, 2.05) is 11.0 Å². The number of hydrogen-bond acceptors (Lipinski definition) is 6. The van der Waals surface area contributed by atoms with Gasteiger partial charge < -0.3 is 15.0 Å². The number of aromatic amines is 1. The highest BCUT2D eigenvalue weighted by Gasteiger charge is 2.30. The first-order chi connectivity index (χ1) is 16.5. The minimum Gasteiger partial charge on any atom is -0.387 e. The predicted octanol–water partition coefficient (Wildman–Crippen LogP) is 4.34. The summed E-state index contributed by atoms with van der Waals surface area (Å²) in [5.41, 5.74) is 3.57. The molecule has 1 fully saturated rings. The number of H-pyrrole nitrogens is 1. The summed E-state index contributed by atoms with van der Waals surface area (Å²) in [4.78, 5) is 19.0. The molecular weight excluding hydrogens is 440 g/mol. The molecule has 1 unspecified atom stereocenters. The number of nitrogens with one attached hydrogen (secondary N) is 1. The van der Waals surface area contributed by atoms with Crippen molar-refractivity contribution in [3.8, 4) is 11.4 Å². The highest BCUT2D eigenvalue weighted by atomic mass is 19.1. The van der Waals surface area contributed by atoms with E-state index in [1.165, 1.54) is 12.1 Å². The molecule has 8 nitrogen and oxygen atoms in total. The lowest BCUT2D eigenvalue weighted by atomic mass is 10.0. The largest absolute Gasteiger partial charge is 0.387 e. The lowest BCUT2D eigenvalue weighted by Gasteiger charge is -2.26. The highest BCUT2D eigenvalue weighted by Crippen LogP contribution is 2.37. The van der Waals surface area contributed by atoms with Crippen molar-refractivity contribution in [2.24, 2.45) is 0 Å². The first-order valence-corrected chi connectivity index (χ1v) is 11.1. The molecule has 4 aromatic heterocycles. The molecule has 10 heteroatoms. The van der Waals surface area contributed by atoms with Crippen LogP contribution in [0.1, 0.15) is 43.2 Å². The van der Waals surface area contributed by atoms with E-state index in [2.05, 4.69) is 20.1 Å². The van der Waals surface area contributed by atoms with Crippen molar-refractivity contribution in [2.75, 3.05) is 11.4 Å². The minimum atomic E-state index is -0.693. The summed E-state index contributed by atoms with van der Waals surface area (Å²) >= 11 is 0. The summed E-state index contributed by atoms with van der Waals surface area (Å²) in [5, 5.41) is 14.2. The Morgan fingerprint density at radius 3 is 2.88 bits per heavy atom. The number of halogens is 2. The summed E-state index contributed by atoms with van der Waals surface area (Å²) in [5.74, 6) is 0.364. The number of imidazole rings is 1. The number of pyridine rings is 1. The first kappa shape index (κ1) is 20.7. The smallest absolute Gasteiger partial charge is 0.168 e. The Balaban J connectivity index is 1.41. The molecule has 0 aliphatic carbocycles. The summed E-state index contributed by atoms with van der Waals surface area (Å²) in [6, 6.07) is 6.85. The molecule has 5 aromatic rings. The maximum atomic E-state index is 14.5. The Labute approximate surface area is 192 Å². The molecule has 0 bridgehead atoms. The van der Waals surface area contributed by atoms with E-state index >= 15 is 0 Å². The Kier molecular flexibility index (Phi) is 4.77. The lowest BCUT2D eigenvalue weighted by molar-refractivity contribution is 0.194. The Morgan fingerprint density at radius 2 is 2.03 bits per heavy atom. The number of aromatic nitrogens is 6. The number of aliphatic hydroxyl groups excluding tert-OH is 1. The number of anilines is 1. The van der Waals surface area contributed by atoms with Gasteiger partial charge in [-0.1, -0.05) is 0 Å². The van der Waals surface area contributed by atoms with Crippen LogP contribution in [0.25, 0.3) is 28.1 Å². The molecule has 1 aliphatic heterocycles. The monoisotopic (exact) mass is 461 g/mol. The fourth-order valence-corrected chi connectivity index (χ4v) is 4.60. The predicted molar refractivity (Wildman–Crippen MR) is 122 cm³/mol. The van der Waals surface area contributed by atoms with Crippen molar-refractivity contribution in [3.05, 3.63) is 71.8 Å². The van der Waals surface area contributed by atoms with Crippen molar-refractivity contribution in [3.63, 3.8) is 0 Å². The zero-order chi connectivity index (χ0) is 23.4. The van der Waals surface area contributed by atoms with E-state index in [4.69, 9.17) is 4.98 Å². The van der Waals surface area contributed by atoms with Crippen LogP contribution in [-0.2, 0) is 0 Å². The topological polar surface area (TPSA) is 95.2 Å². The maximum absolute atomic E-state index is 14.5. The van der Waals surface area contributed by atoms with Gasteiger partial charge in [-0.2, -0.15) is 5.10 Å². The average Bonchev–Trinajstić information content (AvgIpc) is 3.57. The summed E-state index contributed by atoms with van der Waals surface area (Å²) in [6.45, 7) is 2.34. The van der Waals surface area contributed by atoms with E-state index < -0.39 is 17.7 Å². The van der Waals surface area contributed by atoms with Gasteiger partial charge in [0.1, 0.15) is 23.3 Å². The molecule has 0 saturated carbocycles. The average molecular weight is 461 g/mol. The molecule has 6 rings (SSSR count). The van der Waals surface area contributed by atoms with Gasteiger partial charge in [0.15, 0.2) is 5.65 Å². The molecule has 2 N–H and O–H groups in total. The lowest BCUT2D eigenvalue weighted by Crippen LogP contribution is -2.24. The SMILES string of the molecule is CC(O)c1cc2nc(-c3cnn4ccc(N5CCC[C@@H]5c5cc(F)ccc5F)nc34)[nH]c2cn1. The number of hydrogen-bond donors (Lipinski definition) is 2. The van der Waals surface area contributed by atoms with Crippen molar-refractivity contribution in [1.82, 2.24) is 29.5 Å². The van der Waals surface area contributed by atoms with Gasteiger partial charge in [-0.25, -0.2) is 23.3 Å². The fraction of sp³-hybridized carbons (Fsp3) is 0.250. The molecule has 34 heavy (non-hydrogen) atoms. The second-order valence-electron chi connectivity index (χ2n) is 8.52. The maximum Gasteiger partial charge on any atom is 0.168 e. The summed E-state index contributed by atoms with van der Waals surface area (Å²) < 4.78 is 30.0. The van der Waals surface area contributed by atoms with Gasteiger partial charge in [0.25, 0.3) is 0 Å². The summed E-state index contributed by atoms with van der Waals surface area (Å²) in [7, 11) is 0. The normalized spacial score (nSPS) is 17.2. The van der Waals surface area contributed by atoms with Crippen LogP contribution < -0.4 is 4.90 Å². The Morgan fingerprint density at radius 1 is 1.15 bits per heavy atom. The van der Waals surface area contributed by atoms with Gasteiger partial charge in [0, 0.05) is 18.3 Å². The van der Waals surface area contributed by atoms with Crippen LogP contribution in [-0.4, -0.2) is 41.2 Å². The minimum absolute atomic E-state index is 0.298. The summed E-state index contributed by atoms with van der Waals surface area (Å²) in [6.07, 6.45) is 5.99. The third kappa shape index (κ3) is 3.38. The van der Waals surface area contributed by atoms with E-state index in [-0.39, 0.29) is 6.04 Å². The molecule has 0 amide bonds. The number of benzene rings is 1. The molecule has 1 aromatic carbocycles. The zero-order valence-electron chi connectivity index (χ0n) is 18.3. The molecular formula is C24H21F2N7O. The van der Waals surface area contributed by atoms with Gasteiger partial charge in [-0.15, -0.1) is 0 Å². The molecule has 0 spiro atoms. The van der Waals surface area contributed by atoms with Gasteiger partial charge >= 0.3 is 0 Å². The first-order valence-electron chi connectivity index (χ1n) is 11.1. The van der Waals surface area contributed by atoms with Crippen LogP contribution in [0, 0.1) is 11.6 Å². The number of rotatable bonds is 4. The van der Waals surface area contributed by atoms with Crippen LogP contribution in [0.15, 0.2) is 48.9 Å². The fourth-order valence-electron chi connectivity index (χ4n) is 4.60. The van der Waals surface area contributed by atoms with Crippen LogP contribution in [0.4, 0.5) is 14.6 Å². The Hall–Kier alpha value is -3.92.